The number of para-hydroxylation sites is 1. The lowest BCUT2D eigenvalue weighted by molar-refractivity contribution is -0.130. The van der Waals surface area contributed by atoms with Crippen LogP contribution < -0.4 is 10.6 Å². The fraction of sp³-hybridized carbons (Fsp3) is 0.500. The largest absolute Gasteiger partial charge is 0.349 e. The van der Waals surface area contributed by atoms with Crippen LogP contribution in [0.3, 0.4) is 0 Å². The van der Waals surface area contributed by atoms with Gasteiger partial charge in [0.15, 0.2) is 0 Å². The fourth-order valence-electron chi connectivity index (χ4n) is 3.08. The highest BCUT2D eigenvalue weighted by molar-refractivity contribution is 7.18. The molecule has 1 aromatic heterocycles. The number of fused-ring (bicyclic) bond motifs is 1. The van der Waals surface area contributed by atoms with Gasteiger partial charge in [-0.05, 0) is 31.5 Å². The Morgan fingerprint density at radius 3 is 3.05 bits per heavy atom. The molecule has 1 fully saturated rings. The van der Waals surface area contributed by atoms with Gasteiger partial charge in [-0.1, -0.05) is 25.5 Å². The minimum absolute atomic E-state index is 0.175. The Morgan fingerprint density at radius 2 is 2.33 bits per heavy atom. The van der Waals surface area contributed by atoms with Crippen molar-refractivity contribution in [1.82, 2.24) is 15.6 Å². The zero-order chi connectivity index (χ0) is 14.7. The van der Waals surface area contributed by atoms with Crippen molar-refractivity contribution in [3.8, 4) is 0 Å². The van der Waals surface area contributed by atoms with Gasteiger partial charge in [0.05, 0.1) is 22.2 Å². The van der Waals surface area contributed by atoms with Crippen molar-refractivity contribution in [2.24, 2.45) is 5.41 Å². The van der Waals surface area contributed by atoms with Crippen LogP contribution in [0.15, 0.2) is 24.3 Å². The molecule has 112 valence electrons. The van der Waals surface area contributed by atoms with Gasteiger partial charge >= 0.3 is 0 Å². The molecular weight excluding hydrogens is 282 g/mol. The van der Waals surface area contributed by atoms with Gasteiger partial charge in [0, 0.05) is 6.54 Å². The molecule has 1 unspecified atom stereocenters. The van der Waals surface area contributed by atoms with Crippen molar-refractivity contribution in [3.63, 3.8) is 0 Å². The van der Waals surface area contributed by atoms with Crippen LogP contribution >= 0.6 is 11.3 Å². The SMILES string of the molecule is CCCC1(C(=O)NCc2nc3ccccc3s2)CCNC1. The average Bonchev–Trinajstić information content (AvgIpc) is 3.12. The maximum atomic E-state index is 12.6. The number of hydrogen-bond donors (Lipinski definition) is 2. The van der Waals surface area contributed by atoms with Crippen molar-refractivity contribution >= 4 is 27.5 Å². The minimum Gasteiger partial charge on any atom is -0.349 e. The first-order valence-electron chi connectivity index (χ1n) is 7.57. The predicted octanol–water partition coefficient (Wildman–Crippen LogP) is 2.69. The molecule has 2 N–H and O–H groups in total. The molecule has 2 aromatic rings. The molecule has 1 aliphatic rings. The molecule has 0 bridgehead atoms. The highest BCUT2D eigenvalue weighted by Crippen LogP contribution is 2.31. The number of benzene rings is 1. The Labute approximate surface area is 129 Å². The Kier molecular flexibility index (Phi) is 4.22. The van der Waals surface area contributed by atoms with Crippen LogP contribution in [0, 0.1) is 5.41 Å². The van der Waals surface area contributed by atoms with E-state index in [-0.39, 0.29) is 11.3 Å². The topological polar surface area (TPSA) is 54.0 Å². The van der Waals surface area contributed by atoms with E-state index >= 15 is 0 Å². The molecule has 0 saturated carbocycles. The van der Waals surface area contributed by atoms with Crippen LogP contribution in [0.4, 0.5) is 0 Å². The fourth-order valence-corrected chi connectivity index (χ4v) is 3.99. The van der Waals surface area contributed by atoms with Crippen molar-refractivity contribution in [3.05, 3.63) is 29.3 Å². The van der Waals surface area contributed by atoms with E-state index in [0.717, 1.165) is 42.9 Å². The molecular formula is C16H21N3OS. The van der Waals surface area contributed by atoms with E-state index in [1.165, 1.54) is 4.70 Å². The summed E-state index contributed by atoms with van der Waals surface area (Å²) in [7, 11) is 0. The minimum atomic E-state index is -0.217. The smallest absolute Gasteiger partial charge is 0.227 e. The van der Waals surface area contributed by atoms with E-state index in [1.807, 2.05) is 18.2 Å². The number of carbonyl (C=O) groups excluding carboxylic acids is 1. The Bertz CT molecular complexity index is 598. The van der Waals surface area contributed by atoms with E-state index in [4.69, 9.17) is 0 Å². The summed E-state index contributed by atoms with van der Waals surface area (Å²) in [5.74, 6) is 0.175. The van der Waals surface area contributed by atoms with E-state index in [1.54, 1.807) is 11.3 Å². The number of carbonyl (C=O) groups is 1. The number of aromatic nitrogens is 1. The second-order valence-electron chi connectivity index (χ2n) is 5.72. The molecule has 3 rings (SSSR count). The van der Waals surface area contributed by atoms with Gasteiger partial charge < -0.3 is 10.6 Å². The normalized spacial score (nSPS) is 21.8. The van der Waals surface area contributed by atoms with Gasteiger partial charge in [-0.25, -0.2) is 4.98 Å². The summed E-state index contributed by atoms with van der Waals surface area (Å²) in [4.78, 5) is 17.1. The van der Waals surface area contributed by atoms with Crippen molar-refractivity contribution in [2.75, 3.05) is 13.1 Å². The molecule has 1 aromatic carbocycles. The monoisotopic (exact) mass is 303 g/mol. The van der Waals surface area contributed by atoms with E-state index in [9.17, 15) is 4.79 Å². The number of nitrogens with one attached hydrogen (secondary N) is 2. The summed E-state index contributed by atoms with van der Waals surface area (Å²) in [6.07, 6.45) is 2.93. The van der Waals surface area contributed by atoms with Gasteiger partial charge in [0.1, 0.15) is 5.01 Å². The molecule has 2 heterocycles. The highest BCUT2D eigenvalue weighted by atomic mass is 32.1. The maximum Gasteiger partial charge on any atom is 0.227 e. The molecule has 5 heteroatoms. The highest BCUT2D eigenvalue weighted by Gasteiger charge is 2.40. The first kappa shape index (κ1) is 14.5. The molecule has 0 spiro atoms. The zero-order valence-electron chi connectivity index (χ0n) is 12.3. The molecule has 1 aliphatic heterocycles. The van der Waals surface area contributed by atoms with Gasteiger partial charge in [0.25, 0.3) is 0 Å². The first-order chi connectivity index (χ1) is 10.2. The van der Waals surface area contributed by atoms with Crippen molar-refractivity contribution < 1.29 is 4.79 Å². The van der Waals surface area contributed by atoms with E-state index < -0.39 is 0 Å². The van der Waals surface area contributed by atoms with Gasteiger partial charge in [-0.2, -0.15) is 0 Å². The third-order valence-corrected chi connectivity index (χ3v) is 5.23. The number of amides is 1. The van der Waals surface area contributed by atoms with Crippen LogP contribution in [0.1, 0.15) is 31.2 Å². The summed E-state index contributed by atoms with van der Waals surface area (Å²) in [6, 6.07) is 8.09. The first-order valence-corrected chi connectivity index (χ1v) is 8.39. The molecule has 0 aliphatic carbocycles. The third-order valence-electron chi connectivity index (χ3n) is 4.19. The van der Waals surface area contributed by atoms with E-state index in [0.29, 0.717) is 6.54 Å². The lowest BCUT2D eigenvalue weighted by Crippen LogP contribution is -2.42. The number of rotatable bonds is 5. The quantitative estimate of drug-likeness (QED) is 0.893. The third kappa shape index (κ3) is 2.94. The Hall–Kier alpha value is -1.46. The number of hydrogen-bond acceptors (Lipinski definition) is 4. The van der Waals surface area contributed by atoms with Crippen molar-refractivity contribution in [1.29, 1.82) is 0 Å². The van der Waals surface area contributed by atoms with Gasteiger partial charge in [0.2, 0.25) is 5.91 Å². The molecule has 0 radical (unpaired) electrons. The summed E-state index contributed by atoms with van der Waals surface area (Å²) in [6.45, 7) is 4.41. The van der Waals surface area contributed by atoms with Crippen LogP contribution in [-0.2, 0) is 11.3 Å². The van der Waals surface area contributed by atoms with Crippen LogP contribution in [0.2, 0.25) is 0 Å². The average molecular weight is 303 g/mol. The summed E-state index contributed by atoms with van der Waals surface area (Å²) in [5, 5.41) is 7.40. The Balaban J connectivity index is 1.67. The molecule has 1 saturated heterocycles. The van der Waals surface area contributed by atoms with Crippen LogP contribution in [-0.4, -0.2) is 24.0 Å². The van der Waals surface area contributed by atoms with Crippen LogP contribution in [0.5, 0.6) is 0 Å². The van der Waals surface area contributed by atoms with E-state index in [2.05, 4.69) is 28.6 Å². The lowest BCUT2D eigenvalue weighted by atomic mass is 9.81. The van der Waals surface area contributed by atoms with Gasteiger partial charge in [-0.3, -0.25) is 4.79 Å². The molecule has 21 heavy (non-hydrogen) atoms. The molecule has 1 atom stereocenters. The summed E-state index contributed by atoms with van der Waals surface area (Å²) >= 11 is 1.65. The summed E-state index contributed by atoms with van der Waals surface area (Å²) in [5.41, 5.74) is 0.795. The second kappa shape index (κ2) is 6.12. The Morgan fingerprint density at radius 1 is 1.48 bits per heavy atom. The predicted molar refractivity (Wildman–Crippen MR) is 86.3 cm³/mol. The summed E-state index contributed by atoms with van der Waals surface area (Å²) < 4.78 is 1.17. The molecule has 4 nitrogen and oxygen atoms in total. The lowest BCUT2D eigenvalue weighted by Gasteiger charge is -2.26. The molecule has 1 amide bonds. The number of nitrogens with zero attached hydrogens (tertiary/aromatic N) is 1. The van der Waals surface area contributed by atoms with Crippen molar-refractivity contribution in [2.45, 2.75) is 32.7 Å². The van der Waals surface area contributed by atoms with Gasteiger partial charge in [-0.15, -0.1) is 11.3 Å². The standard InChI is InChI=1S/C16H21N3OS/c1-2-7-16(8-9-17-11-16)15(20)18-10-14-19-12-5-3-4-6-13(12)21-14/h3-6,17H,2,7-11H2,1H3,(H,18,20). The van der Waals surface area contributed by atoms with Crippen LogP contribution in [0.25, 0.3) is 10.2 Å². The number of thiazole rings is 1. The maximum absolute atomic E-state index is 12.6. The zero-order valence-corrected chi connectivity index (χ0v) is 13.1. The second-order valence-corrected chi connectivity index (χ2v) is 6.83.